The van der Waals surface area contributed by atoms with Crippen molar-refractivity contribution in [2.45, 2.75) is 25.4 Å². The number of nitrogens with one attached hydrogen (secondary N) is 1. The topological polar surface area (TPSA) is 78.6 Å². The first-order chi connectivity index (χ1) is 14.3. The fourth-order valence-corrected chi connectivity index (χ4v) is 3.45. The number of hydrogen-bond donors (Lipinski definition) is 1. The van der Waals surface area contributed by atoms with Crippen LogP contribution in [0.4, 0.5) is 0 Å². The number of rotatable bonds is 7. The van der Waals surface area contributed by atoms with Crippen LogP contribution in [0.2, 0.25) is 0 Å². The van der Waals surface area contributed by atoms with E-state index in [1.807, 2.05) is 42.5 Å². The van der Waals surface area contributed by atoms with E-state index in [1.165, 1.54) is 0 Å². The Bertz CT molecular complexity index is 951. The number of nitrogens with zero attached hydrogens (tertiary/aromatic N) is 2. The molecule has 1 aliphatic heterocycles. The molecule has 0 amide bonds. The number of piperidine rings is 1. The lowest BCUT2D eigenvalue weighted by molar-refractivity contribution is 0.157. The van der Waals surface area contributed by atoms with Crippen molar-refractivity contribution in [2.24, 2.45) is 0 Å². The van der Waals surface area contributed by atoms with Crippen LogP contribution in [0.3, 0.4) is 0 Å². The second-order valence-electron chi connectivity index (χ2n) is 6.95. The van der Waals surface area contributed by atoms with Crippen molar-refractivity contribution in [2.75, 3.05) is 27.3 Å². The molecule has 0 atom stereocenters. The molecule has 1 aliphatic rings. The van der Waals surface area contributed by atoms with Crippen LogP contribution in [0.25, 0.3) is 11.5 Å². The third-order valence-corrected chi connectivity index (χ3v) is 4.96. The van der Waals surface area contributed by atoms with Gasteiger partial charge in [-0.3, -0.25) is 0 Å². The summed E-state index contributed by atoms with van der Waals surface area (Å²) in [5, 5.41) is 7.50. The third kappa shape index (κ3) is 4.51. The number of ether oxygens (including phenoxy) is 3. The maximum absolute atomic E-state index is 6.31. The Morgan fingerprint density at radius 1 is 1.07 bits per heavy atom. The SMILES string of the molecule is COc1cccc(Cc2noc(-c3cccc(OC)c3OC3CCNCC3)n2)c1. The summed E-state index contributed by atoms with van der Waals surface area (Å²) < 4.78 is 22.7. The normalized spacial score (nSPS) is 14.6. The van der Waals surface area contributed by atoms with Crippen molar-refractivity contribution in [3.8, 4) is 28.7 Å². The summed E-state index contributed by atoms with van der Waals surface area (Å²) in [4.78, 5) is 4.59. The van der Waals surface area contributed by atoms with Gasteiger partial charge >= 0.3 is 0 Å². The molecule has 0 radical (unpaired) electrons. The largest absolute Gasteiger partial charge is 0.497 e. The number of benzene rings is 2. The molecular weight excluding hydrogens is 370 g/mol. The lowest BCUT2D eigenvalue weighted by Gasteiger charge is -2.25. The van der Waals surface area contributed by atoms with Crippen LogP contribution >= 0.6 is 0 Å². The molecule has 4 rings (SSSR count). The molecule has 2 heterocycles. The summed E-state index contributed by atoms with van der Waals surface area (Å²) >= 11 is 0. The average molecular weight is 395 g/mol. The molecule has 1 N–H and O–H groups in total. The summed E-state index contributed by atoms with van der Waals surface area (Å²) in [6.07, 6.45) is 2.57. The van der Waals surface area contributed by atoms with Crippen LogP contribution in [0.15, 0.2) is 47.0 Å². The van der Waals surface area contributed by atoms with Crippen molar-refractivity contribution in [3.05, 3.63) is 53.9 Å². The number of hydrogen-bond acceptors (Lipinski definition) is 7. The van der Waals surface area contributed by atoms with Crippen molar-refractivity contribution >= 4 is 0 Å². The summed E-state index contributed by atoms with van der Waals surface area (Å²) in [5.74, 6) is 3.14. The lowest BCUT2D eigenvalue weighted by Crippen LogP contribution is -2.34. The predicted octanol–water partition coefficient (Wildman–Crippen LogP) is 3.48. The van der Waals surface area contributed by atoms with Crippen LogP contribution in [0.5, 0.6) is 17.2 Å². The highest BCUT2D eigenvalue weighted by atomic mass is 16.5. The van der Waals surface area contributed by atoms with Crippen LogP contribution in [0, 0.1) is 0 Å². The second kappa shape index (κ2) is 8.96. The van der Waals surface area contributed by atoms with E-state index in [2.05, 4.69) is 15.5 Å². The van der Waals surface area contributed by atoms with Gasteiger partial charge in [0.1, 0.15) is 11.9 Å². The predicted molar refractivity (Wildman–Crippen MR) is 109 cm³/mol. The first-order valence-corrected chi connectivity index (χ1v) is 9.77. The van der Waals surface area contributed by atoms with Gasteiger partial charge in [0, 0.05) is 6.42 Å². The Labute approximate surface area is 170 Å². The van der Waals surface area contributed by atoms with E-state index < -0.39 is 0 Å². The van der Waals surface area contributed by atoms with Gasteiger partial charge in [-0.2, -0.15) is 4.98 Å². The third-order valence-electron chi connectivity index (χ3n) is 4.96. The Morgan fingerprint density at radius 3 is 2.69 bits per heavy atom. The molecule has 152 valence electrons. The van der Waals surface area contributed by atoms with E-state index in [0.717, 1.165) is 42.8 Å². The molecule has 1 aromatic heterocycles. The van der Waals surface area contributed by atoms with Crippen LogP contribution in [0.1, 0.15) is 24.2 Å². The molecular formula is C22H25N3O4. The highest BCUT2D eigenvalue weighted by Crippen LogP contribution is 2.38. The van der Waals surface area contributed by atoms with Crippen LogP contribution in [-0.4, -0.2) is 43.6 Å². The van der Waals surface area contributed by atoms with Gasteiger partial charge < -0.3 is 24.1 Å². The minimum atomic E-state index is 0.130. The van der Waals surface area contributed by atoms with Crippen molar-refractivity contribution in [3.63, 3.8) is 0 Å². The van der Waals surface area contributed by atoms with Crippen LogP contribution in [-0.2, 0) is 6.42 Å². The Morgan fingerprint density at radius 2 is 1.90 bits per heavy atom. The molecule has 0 unspecified atom stereocenters. The first kappa shape index (κ1) is 19.3. The van der Waals surface area contributed by atoms with Crippen molar-refractivity contribution < 1.29 is 18.7 Å². The quantitative estimate of drug-likeness (QED) is 0.656. The van der Waals surface area contributed by atoms with E-state index >= 15 is 0 Å². The average Bonchev–Trinajstić information content (AvgIpc) is 3.23. The van der Waals surface area contributed by atoms with Gasteiger partial charge in [0.15, 0.2) is 17.3 Å². The smallest absolute Gasteiger partial charge is 0.261 e. The Kier molecular flexibility index (Phi) is 5.95. The molecule has 0 spiro atoms. The van der Waals surface area contributed by atoms with Gasteiger partial charge in [0.05, 0.1) is 19.8 Å². The summed E-state index contributed by atoms with van der Waals surface area (Å²) in [5.41, 5.74) is 1.79. The molecule has 2 aromatic carbocycles. The molecule has 7 heteroatoms. The standard InChI is InChI=1S/C22H25N3O4/c1-26-17-6-3-5-15(13-17)14-20-24-22(29-25-20)18-7-4-8-19(27-2)21(18)28-16-9-11-23-12-10-16/h3-8,13,16,23H,9-12,14H2,1-2H3. The van der Waals surface area contributed by atoms with E-state index in [0.29, 0.717) is 29.6 Å². The zero-order chi connectivity index (χ0) is 20.1. The van der Waals surface area contributed by atoms with Gasteiger partial charge in [0.25, 0.3) is 5.89 Å². The number of para-hydroxylation sites is 1. The first-order valence-electron chi connectivity index (χ1n) is 9.77. The minimum absolute atomic E-state index is 0.130. The molecule has 1 saturated heterocycles. The van der Waals surface area contributed by atoms with Gasteiger partial charge in [-0.25, -0.2) is 0 Å². The van der Waals surface area contributed by atoms with Crippen molar-refractivity contribution in [1.29, 1.82) is 0 Å². The monoisotopic (exact) mass is 395 g/mol. The fraction of sp³-hybridized carbons (Fsp3) is 0.364. The van der Waals surface area contributed by atoms with E-state index in [1.54, 1.807) is 14.2 Å². The highest BCUT2D eigenvalue weighted by Gasteiger charge is 2.22. The summed E-state index contributed by atoms with van der Waals surface area (Å²) in [6, 6.07) is 13.5. The van der Waals surface area contributed by atoms with E-state index in [-0.39, 0.29) is 6.10 Å². The molecule has 0 aliphatic carbocycles. The fourth-order valence-electron chi connectivity index (χ4n) is 3.45. The molecule has 3 aromatic rings. The highest BCUT2D eigenvalue weighted by molar-refractivity contribution is 5.67. The zero-order valence-corrected chi connectivity index (χ0v) is 16.7. The Hall–Kier alpha value is -3.06. The second-order valence-corrected chi connectivity index (χ2v) is 6.95. The number of methoxy groups -OCH3 is 2. The molecule has 0 bridgehead atoms. The molecule has 1 fully saturated rings. The van der Waals surface area contributed by atoms with Crippen LogP contribution < -0.4 is 19.5 Å². The van der Waals surface area contributed by atoms with E-state index in [4.69, 9.17) is 18.7 Å². The maximum atomic E-state index is 6.31. The zero-order valence-electron chi connectivity index (χ0n) is 16.7. The lowest BCUT2D eigenvalue weighted by atomic mass is 10.1. The van der Waals surface area contributed by atoms with Crippen molar-refractivity contribution in [1.82, 2.24) is 15.5 Å². The van der Waals surface area contributed by atoms with Gasteiger partial charge in [-0.1, -0.05) is 23.4 Å². The van der Waals surface area contributed by atoms with Gasteiger partial charge in [-0.05, 0) is 55.8 Å². The molecule has 0 saturated carbocycles. The van der Waals surface area contributed by atoms with E-state index in [9.17, 15) is 0 Å². The molecule has 7 nitrogen and oxygen atoms in total. The van der Waals surface area contributed by atoms with Gasteiger partial charge in [-0.15, -0.1) is 0 Å². The van der Waals surface area contributed by atoms with Gasteiger partial charge in [0.2, 0.25) is 0 Å². The minimum Gasteiger partial charge on any atom is -0.497 e. The molecule has 29 heavy (non-hydrogen) atoms. The maximum Gasteiger partial charge on any atom is 0.261 e. The number of aromatic nitrogens is 2. The Balaban J connectivity index is 1.59. The summed E-state index contributed by atoms with van der Waals surface area (Å²) in [7, 11) is 3.29. The summed E-state index contributed by atoms with van der Waals surface area (Å²) in [6.45, 7) is 1.89.